The van der Waals surface area contributed by atoms with E-state index >= 15 is 0 Å². The minimum Gasteiger partial charge on any atom is -0.377 e. The van der Waals surface area contributed by atoms with Gasteiger partial charge in [-0.15, -0.1) is 11.3 Å². The second kappa shape index (κ2) is 7.27. The fourth-order valence-corrected chi connectivity index (χ4v) is 3.46. The molecule has 0 aliphatic heterocycles. The van der Waals surface area contributed by atoms with Gasteiger partial charge in [0.2, 0.25) is 0 Å². The Morgan fingerprint density at radius 3 is 2.89 bits per heavy atom. The van der Waals surface area contributed by atoms with Crippen LogP contribution in [0.15, 0.2) is 12.1 Å². The summed E-state index contributed by atoms with van der Waals surface area (Å²) >= 11 is 1.87. The predicted octanol–water partition coefficient (Wildman–Crippen LogP) is 3.74. The van der Waals surface area contributed by atoms with Gasteiger partial charge in [0.05, 0.1) is 12.7 Å². The zero-order chi connectivity index (χ0) is 12.8. The average Bonchev–Trinajstić information content (AvgIpc) is 2.77. The highest BCUT2D eigenvalue weighted by Gasteiger charge is 2.21. The zero-order valence-corrected chi connectivity index (χ0v) is 12.4. The summed E-state index contributed by atoms with van der Waals surface area (Å²) in [6, 6.07) is 4.39. The largest absolute Gasteiger partial charge is 0.377 e. The van der Waals surface area contributed by atoms with Crippen LogP contribution in [0.1, 0.15) is 42.4 Å². The number of ether oxygens (including phenoxy) is 1. The highest BCUT2D eigenvalue weighted by Crippen LogP contribution is 2.25. The molecule has 0 amide bonds. The predicted molar refractivity (Wildman–Crippen MR) is 78.1 cm³/mol. The van der Waals surface area contributed by atoms with Crippen LogP contribution in [0, 0.1) is 12.8 Å². The summed E-state index contributed by atoms with van der Waals surface area (Å²) in [4.78, 5) is 2.80. The molecule has 1 saturated carbocycles. The van der Waals surface area contributed by atoms with Gasteiger partial charge < -0.3 is 10.1 Å². The van der Waals surface area contributed by atoms with Crippen molar-refractivity contribution in [2.75, 3.05) is 13.2 Å². The molecule has 0 spiro atoms. The Morgan fingerprint density at radius 2 is 2.17 bits per heavy atom. The van der Waals surface area contributed by atoms with Crippen LogP contribution in [0.2, 0.25) is 0 Å². The molecule has 0 radical (unpaired) electrons. The summed E-state index contributed by atoms with van der Waals surface area (Å²) in [5.74, 6) is 0.749. The van der Waals surface area contributed by atoms with E-state index < -0.39 is 0 Å². The molecule has 1 heterocycles. The molecule has 1 aliphatic rings. The molecular weight excluding hydrogens is 242 g/mol. The van der Waals surface area contributed by atoms with Gasteiger partial charge in [0, 0.05) is 22.8 Å². The van der Waals surface area contributed by atoms with E-state index in [9.17, 15) is 0 Å². The molecule has 1 aromatic heterocycles. The lowest BCUT2D eigenvalue weighted by molar-refractivity contribution is -0.00320. The standard InChI is InChI=1S/C15H25NOS/c1-12-5-3-4-6-15(12)17-10-9-16-11-14-8-7-13(2)18-14/h7-8,12,15-16H,3-6,9-11H2,1-2H3. The lowest BCUT2D eigenvalue weighted by atomic mass is 9.88. The number of nitrogens with one attached hydrogen (secondary N) is 1. The van der Waals surface area contributed by atoms with Gasteiger partial charge >= 0.3 is 0 Å². The topological polar surface area (TPSA) is 21.3 Å². The molecule has 1 aliphatic carbocycles. The molecule has 3 heteroatoms. The van der Waals surface area contributed by atoms with Crippen molar-refractivity contribution < 1.29 is 4.74 Å². The highest BCUT2D eigenvalue weighted by molar-refractivity contribution is 7.11. The molecule has 18 heavy (non-hydrogen) atoms. The monoisotopic (exact) mass is 267 g/mol. The molecule has 1 fully saturated rings. The summed E-state index contributed by atoms with van der Waals surface area (Å²) in [5.41, 5.74) is 0. The lowest BCUT2D eigenvalue weighted by Gasteiger charge is -2.28. The van der Waals surface area contributed by atoms with Crippen LogP contribution in [0.4, 0.5) is 0 Å². The van der Waals surface area contributed by atoms with Crippen molar-refractivity contribution in [3.05, 3.63) is 21.9 Å². The first-order valence-corrected chi connectivity index (χ1v) is 7.95. The normalized spacial score (nSPS) is 24.3. The van der Waals surface area contributed by atoms with Crippen molar-refractivity contribution in [3.63, 3.8) is 0 Å². The molecule has 2 unspecified atom stereocenters. The first-order chi connectivity index (χ1) is 8.75. The van der Waals surface area contributed by atoms with Gasteiger partial charge in [0.25, 0.3) is 0 Å². The Hall–Kier alpha value is -0.380. The molecule has 1 N–H and O–H groups in total. The Labute approximate surface area is 115 Å². The van der Waals surface area contributed by atoms with Crippen molar-refractivity contribution >= 4 is 11.3 Å². The summed E-state index contributed by atoms with van der Waals surface area (Å²) in [5, 5.41) is 3.45. The number of thiophene rings is 1. The van der Waals surface area contributed by atoms with Crippen molar-refractivity contribution in [1.82, 2.24) is 5.32 Å². The summed E-state index contributed by atoms with van der Waals surface area (Å²) in [6.07, 6.45) is 5.83. The van der Waals surface area contributed by atoms with Crippen LogP contribution in [0.3, 0.4) is 0 Å². The van der Waals surface area contributed by atoms with Crippen molar-refractivity contribution in [2.24, 2.45) is 5.92 Å². The molecule has 0 saturated heterocycles. The Kier molecular flexibility index (Phi) is 5.67. The molecule has 2 rings (SSSR count). The second-order valence-electron chi connectivity index (χ2n) is 5.36. The highest BCUT2D eigenvalue weighted by atomic mass is 32.1. The van der Waals surface area contributed by atoms with E-state index in [1.807, 2.05) is 11.3 Å². The van der Waals surface area contributed by atoms with E-state index in [1.54, 1.807) is 0 Å². The van der Waals surface area contributed by atoms with E-state index in [2.05, 4.69) is 31.3 Å². The van der Waals surface area contributed by atoms with Gasteiger partial charge in [0.15, 0.2) is 0 Å². The maximum absolute atomic E-state index is 5.98. The SMILES string of the molecule is Cc1ccc(CNCCOC2CCCCC2C)s1. The lowest BCUT2D eigenvalue weighted by Crippen LogP contribution is -2.29. The summed E-state index contributed by atoms with van der Waals surface area (Å²) in [7, 11) is 0. The van der Waals surface area contributed by atoms with Gasteiger partial charge in [0.1, 0.15) is 0 Å². The number of rotatable bonds is 6. The molecule has 0 aromatic carbocycles. The van der Waals surface area contributed by atoms with Crippen LogP contribution in [0.5, 0.6) is 0 Å². The minimum absolute atomic E-state index is 0.504. The van der Waals surface area contributed by atoms with Gasteiger partial charge in [-0.2, -0.15) is 0 Å². The van der Waals surface area contributed by atoms with Crippen LogP contribution in [-0.4, -0.2) is 19.3 Å². The summed E-state index contributed by atoms with van der Waals surface area (Å²) in [6.45, 7) is 7.26. The molecule has 1 aromatic rings. The van der Waals surface area contributed by atoms with E-state index in [-0.39, 0.29) is 0 Å². The summed E-state index contributed by atoms with van der Waals surface area (Å²) < 4.78 is 5.98. The van der Waals surface area contributed by atoms with E-state index in [0.717, 1.165) is 25.6 Å². The van der Waals surface area contributed by atoms with E-state index in [1.165, 1.54) is 35.4 Å². The first kappa shape index (κ1) is 14.0. The second-order valence-corrected chi connectivity index (χ2v) is 6.73. The zero-order valence-electron chi connectivity index (χ0n) is 11.6. The maximum Gasteiger partial charge on any atom is 0.0601 e. The number of hydrogen-bond donors (Lipinski definition) is 1. The molecule has 2 atom stereocenters. The number of aryl methyl sites for hydroxylation is 1. The molecule has 0 bridgehead atoms. The van der Waals surface area contributed by atoms with Crippen LogP contribution in [-0.2, 0) is 11.3 Å². The average molecular weight is 267 g/mol. The third-order valence-electron chi connectivity index (χ3n) is 3.74. The molecule has 2 nitrogen and oxygen atoms in total. The van der Waals surface area contributed by atoms with Crippen molar-refractivity contribution in [3.8, 4) is 0 Å². The smallest absolute Gasteiger partial charge is 0.0601 e. The van der Waals surface area contributed by atoms with Gasteiger partial charge in [-0.05, 0) is 37.8 Å². The third kappa shape index (κ3) is 4.38. The van der Waals surface area contributed by atoms with Gasteiger partial charge in [-0.3, -0.25) is 0 Å². The van der Waals surface area contributed by atoms with Crippen LogP contribution in [0.25, 0.3) is 0 Å². The Bertz CT molecular complexity index is 350. The maximum atomic E-state index is 5.98. The Morgan fingerprint density at radius 1 is 1.33 bits per heavy atom. The van der Waals surface area contributed by atoms with Crippen molar-refractivity contribution in [2.45, 2.75) is 52.2 Å². The fraction of sp³-hybridized carbons (Fsp3) is 0.733. The van der Waals surface area contributed by atoms with Crippen LogP contribution < -0.4 is 5.32 Å². The third-order valence-corrected chi connectivity index (χ3v) is 4.74. The van der Waals surface area contributed by atoms with Gasteiger partial charge in [-0.25, -0.2) is 0 Å². The minimum atomic E-state index is 0.504. The first-order valence-electron chi connectivity index (χ1n) is 7.13. The number of hydrogen-bond acceptors (Lipinski definition) is 3. The quantitative estimate of drug-likeness (QED) is 0.793. The van der Waals surface area contributed by atoms with E-state index in [0.29, 0.717) is 6.10 Å². The van der Waals surface area contributed by atoms with Gasteiger partial charge in [-0.1, -0.05) is 19.8 Å². The van der Waals surface area contributed by atoms with E-state index in [4.69, 9.17) is 4.74 Å². The molecular formula is C15H25NOS. The Balaban J connectivity index is 1.55. The van der Waals surface area contributed by atoms with Crippen molar-refractivity contribution in [1.29, 1.82) is 0 Å². The fourth-order valence-electron chi connectivity index (χ4n) is 2.60. The van der Waals surface area contributed by atoms with Crippen LogP contribution >= 0.6 is 11.3 Å². The molecule has 102 valence electrons.